The predicted octanol–water partition coefficient (Wildman–Crippen LogP) is 3.42. The van der Waals surface area contributed by atoms with E-state index in [4.69, 9.17) is 30.8 Å². The van der Waals surface area contributed by atoms with Gasteiger partial charge in [0.2, 0.25) is 0 Å². The Labute approximate surface area is 173 Å². The van der Waals surface area contributed by atoms with Gasteiger partial charge in [0.05, 0.1) is 5.02 Å². The summed E-state index contributed by atoms with van der Waals surface area (Å²) in [4.78, 5) is 4.85. The second-order valence-electron chi connectivity index (χ2n) is 7.57. The average molecular weight is 410 g/mol. The molecule has 0 saturated heterocycles. The normalized spacial score (nSPS) is 17.8. The van der Waals surface area contributed by atoms with Crippen LogP contribution in [-0.2, 0) is 11.2 Å². The van der Waals surface area contributed by atoms with Crippen LogP contribution in [0.25, 0.3) is 0 Å². The van der Waals surface area contributed by atoms with Crippen molar-refractivity contribution in [1.29, 1.82) is 0 Å². The van der Waals surface area contributed by atoms with Crippen LogP contribution >= 0.6 is 11.6 Å². The van der Waals surface area contributed by atoms with E-state index in [0.717, 1.165) is 56.4 Å². The van der Waals surface area contributed by atoms with Crippen molar-refractivity contribution >= 4 is 17.6 Å². The van der Waals surface area contributed by atoms with Crippen molar-refractivity contribution < 1.29 is 14.2 Å². The highest BCUT2D eigenvalue weighted by atomic mass is 35.5. The Morgan fingerprint density at radius 1 is 1.25 bits per heavy atom. The molecule has 2 N–H and O–H groups in total. The van der Waals surface area contributed by atoms with Crippen LogP contribution in [0.1, 0.15) is 38.2 Å². The number of nitrogens with one attached hydrogen (secondary N) is 2. The van der Waals surface area contributed by atoms with E-state index >= 15 is 0 Å². The first-order chi connectivity index (χ1) is 13.7. The molecule has 1 aromatic rings. The van der Waals surface area contributed by atoms with E-state index in [1.54, 1.807) is 7.11 Å². The van der Waals surface area contributed by atoms with Gasteiger partial charge >= 0.3 is 0 Å². The first-order valence-electron chi connectivity index (χ1n) is 10.2. The molecule has 0 amide bonds. The molecule has 0 spiro atoms. The molecule has 0 aromatic heterocycles. The number of benzene rings is 1. The smallest absolute Gasteiger partial charge is 0.191 e. The van der Waals surface area contributed by atoms with E-state index in [1.165, 1.54) is 19.3 Å². The van der Waals surface area contributed by atoms with Gasteiger partial charge in [-0.25, -0.2) is 0 Å². The Bertz CT molecular complexity index is 677. The molecule has 1 aliphatic carbocycles. The molecular weight excluding hydrogens is 378 g/mol. The fraction of sp³-hybridized carbons (Fsp3) is 0.667. The topological polar surface area (TPSA) is 64.1 Å². The highest BCUT2D eigenvalue weighted by Crippen LogP contribution is 2.44. The molecule has 0 atom stereocenters. The van der Waals surface area contributed by atoms with Crippen LogP contribution in [0.15, 0.2) is 17.1 Å². The fourth-order valence-corrected chi connectivity index (χ4v) is 3.99. The molecule has 156 valence electrons. The zero-order chi connectivity index (χ0) is 19.8. The monoisotopic (exact) mass is 409 g/mol. The summed E-state index contributed by atoms with van der Waals surface area (Å²) in [5.41, 5.74) is 1.44. The fourth-order valence-electron chi connectivity index (χ4n) is 3.70. The summed E-state index contributed by atoms with van der Waals surface area (Å²) in [6.07, 6.45) is 5.70. The van der Waals surface area contributed by atoms with Crippen LogP contribution in [0.2, 0.25) is 5.02 Å². The van der Waals surface area contributed by atoms with Gasteiger partial charge < -0.3 is 24.8 Å². The number of hydrogen-bond acceptors (Lipinski definition) is 4. The second kappa shape index (κ2) is 10.2. The maximum atomic E-state index is 6.33. The van der Waals surface area contributed by atoms with Gasteiger partial charge in [0.1, 0.15) is 13.2 Å². The van der Waals surface area contributed by atoms with E-state index in [-0.39, 0.29) is 0 Å². The number of aliphatic imine (C=N–C) groups is 1. The molecule has 1 fully saturated rings. The molecule has 0 radical (unpaired) electrons. The molecule has 1 saturated carbocycles. The number of methoxy groups -OCH3 is 1. The Balaban J connectivity index is 1.54. The Morgan fingerprint density at radius 3 is 2.79 bits per heavy atom. The van der Waals surface area contributed by atoms with Gasteiger partial charge in [-0.15, -0.1) is 0 Å². The van der Waals surface area contributed by atoms with E-state index in [2.05, 4.69) is 17.6 Å². The number of ether oxygens (including phenoxy) is 3. The van der Waals surface area contributed by atoms with Crippen LogP contribution in [0.5, 0.6) is 11.5 Å². The van der Waals surface area contributed by atoms with Gasteiger partial charge in [0, 0.05) is 33.4 Å². The Morgan fingerprint density at radius 2 is 2.07 bits per heavy atom. The first-order valence-corrected chi connectivity index (χ1v) is 10.6. The summed E-state index contributed by atoms with van der Waals surface area (Å²) in [5, 5.41) is 7.39. The van der Waals surface area contributed by atoms with Gasteiger partial charge in [-0.2, -0.15) is 0 Å². The van der Waals surface area contributed by atoms with Crippen molar-refractivity contribution in [3.8, 4) is 11.5 Å². The molecular formula is C21H32ClN3O3. The van der Waals surface area contributed by atoms with Gasteiger partial charge in [-0.05, 0) is 55.7 Å². The largest absolute Gasteiger partial charge is 0.486 e. The molecule has 3 rings (SSSR count). The molecule has 6 nitrogen and oxygen atoms in total. The van der Waals surface area contributed by atoms with Crippen LogP contribution in [0.3, 0.4) is 0 Å². The standard InChI is InChI=1S/C21H32ClN3O3/c1-3-23-20(25-15-21(6-4-7-21)8-10-26-2)24-9-5-16-13-17(22)19-18(14-16)27-11-12-28-19/h13-14H,3-12,15H2,1-2H3,(H2,23,24,25). The molecule has 7 heteroatoms. The van der Waals surface area contributed by atoms with Gasteiger partial charge in [-0.1, -0.05) is 18.0 Å². The maximum absolute atomic E-state index is 6.33. The van der Waals surface area contributed by atoms with Crippen molar-refractivity contribution in [3.63, 3.8) is 0 Å². The van der Waals surface area contributed by atoms with E-state index in [1.807, 2.05) is 12.1 Å². The Kier molecular flexibility index (Phi) is 7.68. The maximum Gasteiger partial charge on any atom is 0.191 e. The lowest BCUT2D eigenvalue weighted by Gasteiger charge is -2.40. The number of halogens is 1. The zero-order valence-corrected chi connectivity index (χ0v) is 17.7. The number of nitrogens with zero attached hydrogens (tertiary/aromatic N) is 1. The number of fused-ring (bicyclic) bond motifs is 1. The summed E-state index contributed by atoms with van der Waals surface area (Å²) in [5.74, 6) is 2.26. The van der Waals surface area contributed by atoms with E-state index in [9.17, 15) is 0 Å². The van der Waals surface area contributed by atoms with Gasteiger partial charge in [-0.3, -0.25) is 4.99 Å². The summed E-state index contributed by atoms with van der Waals surface area (Å²) < 4.78 is 16.5. The highest BCUT2D eigenvalue weighted by molar-refractivity contribution is 6.32. The zero-order valence-electron chi connectivity index (χ0n) is 17.0. The van der Waals surface area contributed by atoms with Crippen molar-refractivity contribution in [2.24, 2.45) is 10.4 Å². The van der Waals surface area contributed by atoms with Crippen molar-refractivity contribution in [1.82, 2.24) is 10.6 Å². The van der Waals surface area contributed by atoms with Crippen LogP contribution < -0.4 is 20.1 Å². The lowest BCUT2D eigenvalue weighted by molar-refractivity contribution is 0.0778. The minimum Gasteiger partial charge on any atom is -0.486 e. The molecule has 2 aliphatic rings. The van der Waals surface area contributed by atoms with Gasteiger partial charge in [0.25, 0.3) is 0 Å². The average Bonchev–Trinajstić information content (AvgIpc) is 2.67. The third-order valence-electron chi connectivity index (χ3n) is 5.53. The van der Waals surface area contributed by atoms with E-state index in [0.29, 0.717) is 29.4 Å². The summed E-state index contributed by atoms with van der Waals surface area (Å²) in [7, 11) is 1.77. The second-order valence-corrected chi connectivity index (χ2v) is 7.98. The molecule has 0 bridgehead atoms. The quantitative estimate of drug-likeness (QED) is 0.483. The summed E-state index contributed by atoms with van der Waals surface area (Å²) >= 11 is 6.33. The minimum absolute atomic E-state index is 0.321. The van der Waals surface area contributed by atoms with Crippen LogP contribution in [-0.4, -0.2) is 52.5 Å². The van der Waals surface area contributed by atoms with Crippen LogP contribution in [0.4, 0.5) is 0 Å². The predicted molar refractivity (Wildman–Crippen MR) is 113 cm³/mol. The third-order valence-corrected chi connectivity index (χ3v) is 5.81. The van der Waals surface area contributed by atoms with Gasteiger partial charge in [0.15, 0.2) is 17.5 Å². The first kappa shape index (κ1) is 21.1. The lowest BCUT2D eigenvalue weighted by Crippen LogP contribution is -2.41. The molecule has 1 heterocycles. The van der Waals surface area contributed by atoms with Crippen molar-refractivity contribution in [3.05, 3.63) is 22.7 Å². The summed E-state index contributed by atoms with van der Waals surface area (Å²) in [6.45, 7) is 6.46. The number of hydrogen-bond donors (Lipinski definition) is 2. The van der Waals surface area contributed by atoms with Crippen LogP contribution in [0, 0.1) is 5.41 Å². The van der Waals surface area contributed by atoms with E-state index < -0.39 is 0 Å². The lowest BCUT2D eigenvalue weighted by atomic mass is 9.67. The third kappa shape index (κ3) is 5.45. The minimum atomic E-state index is 0.321. The number of guanidine groups is 1. The SMILES string of the molecule is CCNC(=NCC1(CCOC)CCC1)NCCc1cc(Cl)c2c(c1)OCCO2. The molecule has 1 aromatic carbocycles. The molecule has 0 unspecified atom stereocenters. The molecule has 28 heavy (non-hydrogen) atoms. The van der Waals surface area contributed by atoms with Crippen molar-refractivity contribution in [2.45, 2.75) is 39.0 Å². The summed E-state index contributed by atoms with van der Waals surface area (Å²) in [6, 6.07) is 3.97. The number of rotatable bonds is 9. The van der Waals surface area contributed by atoms with Crippen molar-refractivity contribution in [2.75, 3.05) is 46.6 Å². The Hall–Kier alpha value is -1.66. The molecule has 1 aliphatic heterocycles. The highest BCUT2D eigenvalue weighted by Gasteiger charge is 2.36.